The quantitative estimate of drug-likeness (QED) is 0.626. The number of nitrogens with one attached hydrogen (secondary N) is 1. The molecule has 0 spiro atoms. The zero-order valence-corrected chi connectivity index (χ0v) is 11.2. The molecule has 1 rings (SSSR count). The third kappa shape index (κ3) is 4.64. The Kier molecular flexibility index (Phi) is 5.90. The van der Waals surface area contributed by atoms with Gasteiger partial charge in [-0.3, -0.25) is 9.59 Å². The Balaban J connectivity index is 2.74. The molecule has 0 saturated carbocycles. The molecule has 0 bridgehead atoms. The van der Waals surface area contributed by atoms with Crippen LogP contribution in [0.3, 0.4) is 0 Å². The van der Waals surface area contributed by atoms with Gasteiger partial charge in [0, 0.05) is 19.4 Å². The number of anilines is 1. The van der Waals surface area contributed by atoms with Gasteiger partial charge in [0.25, 0.3) is 5.56 Å². The summed E-state index contributed by atoms with van der Waals surface area (Å²) in [5.41, 5.74) is -0.250. The molecule has 19 heavy (non-hydrogen) atoms. The van der Waals surface area contributed by atoms with Crippen LogP contribution in [0.2, 0.25) is 5.02 Å². The van der Waals surface area contributed by atoms with Crippen molar-refractivity contribution in [2.75, 3.05) is 11.9 Å². The molecule has 0 aliphatic heterocycles. The molecule has 0 aliphatic rings. The second-order valence-electron chi connectivity index (χ2n) is 3.61. The fourth-order valence-corrected chi connectivity index (χ4v) is 1.52. The van der Waals surface area contributed by atoms with Crippen LogP contribution in [0.25, 0.3) is 0 Å². The third-order valence-electron chi connectivity index (χ3n) is 2.14. The van der Waals surface area contributed by atoms with E-state index < -0.39 is 18.1 Å². The second kappa shape index (κ2) is 7.44. The van der Waals surface area contributed by atoms with E-state index >= 15 is 0 Å². The lowest BCUT2D eigenvalue weighted by Gasteiger charge is -2.07. The van der Waals surface area contributed by atoms with E-state index in [1.54, 1.807) is 0 Å². The molecule has 102 valence electrons. The van der Waals surface area contributed by atoms with Gasteiger partial charge in [-0.2, -0.15) is 5.10 Å². The molecule has 0 radical (unpaired) electrons. The Morgan fingerprint density at radius 3 is 2.95 bits per heavy atom. The largest absolute Gasteiger partial charge is 0.480 e. The SMILES string of the molecule is CCC#CCCNc1cnn(CC(=O)O)c(=O)c1Cl. The van der Waals surface area contributed by atoms with Gasteiger partial charge in [-0.15, -0.1) is 11.8 Å². The maximum Gasteiger partial charge on any atom is 0.325 e. The van der Waals surface area contributed by atoms with Crippen molar-refractivity contribution in [3.05, 3.63) is 21.6 Å². The molecule has 6 nitrogen and oxygen atoms in total. The monoisotopic (exact) mass is 283 g/mol. The summed E-state index contributed by atoms with van der Waals surface area (Å²) in [6.07, 6.45) is 2.76. The normalized spacial score (nSPS) is 9.58. The molecule has 1 aromatic rings. The van der Waals surface area contributed by atoms with Crippen molar-refractivity contribution >= 4 is 23.3 Å². The molecule has 0 fully saturated rings. The lowest BCUT2D eigenvalue weighted by atomic mass is 10.3. The fourth-order valence-electron chi connectivity index (χ4n) is 1.30. The van der Waals surface area contributed by atoms with E-state index in [0.29, 0.717) is 18.7 Å². The smallest absolute Gasteiger partial charge is 0.325 e. The molecular weight excluding hydrogens is 270 g/mol. The molecular formula is C12H14ClN3O3. The standard InChI is InChI=1S/C12H14ClN3O3/c1-2-3-4-5-6-14-9-7-15-16(8-10(17)18)12(19)11(9)13/h7,14H,2,5-6,8H2,1H3,(H,17,18). The van der Waals surface area contributed by atoms with Crippen LogP contribution >= 0.6 is 11.6 Å². The lowest BCUT2D eigenvalue weighted by molar-refractivity contribution is -0.138. The average molecular weight is 284 g/mol. The second-order valence-corrected chi connectivity index (χ2v) is 3.99. The number of carbonyl (C=O) groups is 1. The third-order valence-corrected chi connectivity index (χ3v) is 2.50. The van der Waals surface area contributed by atoms with Crippen molar-refractivity contribution in [2.45, 2.75) is 26.3 Å². The van der Waals surface area contributed by atoms with Gasteiger partial charge in [0.05, 0.1) is 11.9 Å². The van der Waals surface area contributed by atoms with Gasteiger partial charge in [-0.25, -0.2) is 4.68 Å². The highest BCUT2D eigenvalue weighted by molar-refractivity contribution is 6.32. The van der Waals surface area contributed by atoms with Crippen LogP contribution in [0.4, 0.5) is 5.69 Å². The zero-order valence-electron chi connectivity index (χ0n) is 10.4. The van der Waals surface area contributed by atoms with Gasteiger partial charge < -0.3 is 10.4 Å². The topological polar surface area (TPSA) is 84.2 Å². The molecule has 7 heteroatoms. The Hall–Kier alpha value is -2.00. The van der Waals surface area contributed by atoms with E-state index in [9.17, 15) is 9.59 Å². The highest BCUT2D eigenvalue weighted by Gasteiger charge is 2.10. The summed E-state index contributed by atoms with van der Waals surface area (Å²) >= 11 is 5.86. The Bertz CT molecular complexity index is 572. The van der Waals surface area contributed by atoms with Crippen molar-refractivity contribution in [1.29, 1.82) is 0 Å². The van der Waals surface area contributed by atoms with Gasteiger partial charge in [0.15, 0.2) is 0 Å². The molecule has 1 heterocycles. The number of aliphatic carboxylic acids is 1. The van der Waals surface area contributed by atoms with E-state index in [2.05, 4.69) is 22.3 Å². The van der Waals surface area contributed by atoms with E-state index in [0.717, 1.165) is 11.1 Å². The molecule has 0 aliphatic carbocycles. The zero-order chi connectivity index (χ0) is 14.3. The number of carboxylic acids is 1. The Morgan fingerprint density at radius 1 is 1.58 bits per heavy atom. The minimum absolute atomic E-state index is 0.0697. The van der Waals surface area contributed by atoms with Crippen molar-refractivity contribution in [3.8, 4) is 11.8 Å². The highest BCUT2D eigenvalue weighted by Crippen LogP contribution is 2.14. The van der Waals surface area contributed by atoms with Crippen molar-refractivity contribution < 1.29 is 9.90 Å². The summed E-state index contributed by atoms with van der Waals surface area (Å²) in [5, 5.41) is 15.2. The minimum atomic E-state index is -1.15. The highest BCUT2D eigenvalue weighted by atomic mass is 35.5. The lowest BCUT2D eigenvalue weighted by Crippen LogP contribution is -2.27. The summed E-state index contributed by atoms with van der Waals surface area (Å²) in [6, 6.07) is 0. The fraction of sp³-hybridized carbons (Fsp3) is 0.417. The van der Waals surface area contributed by atoms with Crippen LogP contribution in [0.5, 0.6) is 0 Å². The van der Waals surface area contributed by atoms with Gasteiger partial charge in [0.1, 0.15) is 11.6 Å². The van der Waals surface area contributed by atoms with E-state index in [4.69, 9.17) is 16.7 Å². The Labute approximate surface area is 115 Å². The van der Waals surface area contributed by atoms with Crippen LogP contribution < -0.4 is 10.9 Å². The first-order valence-electron chi connectivity index (χ1n) is 5.73. The molecule has 1 aromatic heterocycles. The first-order valence-corrected chi connectivity index (χ1v) is 6.11. The van der Waals surface area contributed by atoms with Gasteiger partial charge in [-0.1, -0.05) is 18.5 Å². The molecule has 0 atom stereocenters. The van der Waals surface area contributed by atoms with Gasteiger partial charge >= 0.3 is 5.97 Å². The molecule has 0 saturated heterocycles. The number of carboxylic acid groups (broad SMARTS) is 1. The van der Waals surface area contributed by atoms with Crippen LogP contribution in [-0.2, 0) is 11.3 Å². The first kappa shape index (κ1) is 15.1. The van der Waals surface area contributed by atoms with E-state index in [1.165, 1.54) is 6.20 Å². The number of aromatic nitrogens is 2. The Morgan fingerprint density at radius 2 is 2.32 bits per heavy atom. The van der Waals surface area contributed by atoms with Crippen molar-refractivity contribution in [3.63, 3.8) is 0 Å². The van der Waals surface area contributed by atoms with Gasteiger partial charge in [-0.05, 0) is 0 Å². The van der Waals surface area contributed by atoms with Crippen molar-refractivity contribution in [1.82, 2.24) is 9.78 Å². The summed E-state index contributed by atoms with van der Waals surface area (Å²) in [5.74, 6) is 4.71. The predicted molar refractivity (Wildman–Crippen MR) is 72.3 cm³/mol. The summed E-state index contributed by atoms with van der Waals surface area (Å²) in [6.45, 7) is 1.99. The van der Waals surface area contributed by atoms with E-state index in [-0.39, 0.29) is 5.02 Å². The van der Waals surface area contributed by atoms with Crippen molar-refractivity contribution in [2.24, 2.45) is 0 Å². The van der Waals surface area contributed by atoms with Crippen LogP contribution in [0.15, 0.2) is 11.0 Å². The number of halogens is 1. The molecule has 0 aromatic carbocycles. The maximum atomic E-state index is 11.7. The summed E-state index contributed by atoms with van der Waals surface area (Å²) in [7, 11) is 0. The molecule has 0 unspecified atom stereocenters. The number of hydrogen-bond acceptors (Lipinski definition) is 4. The number of nitrogens with zero attached hydrogens (tertiary/aromatic N) is 2. The molecule has 0 amide bonds. The summed E-state index contributed by atoms with van der Waals surface area (Å²) in [4.78, 5) is 22.2. The maximum absolute atomic E-state index is 11.7. The number of rotatable bonds is 5. The summed E-state index contributed by atoms with van der Waals surface area (Å²) < 4.78 is 0.798. The van der Waals surface area contributed by atoms with Crippen LogP contribution in [0, 0.1) is 11.8 Å². The average Bonchev–Trinajstić information content (AvgIpc) is 2.37. The first-order chi connectivity index (χ1) is 9.06. The number of hydrogen-bond donors (Lipinski definition) is 2. The van der Waals surface area contributed by atoms with Crippen LogP contribution in [-0.4, -0.2) is 27.4 Å². The minimum Gasteiger partial charge on any atom is -0.480 e. The predicted octanol–water partition coefficient (Wildman–Crippen LogP) is 1.20. The molecule has 2 N–H and O–H groups in total. The van der Waals surface area contributed by atoms with E-state index in [1.807, 2.05) is 6.92 Å². The van der Waals surface area contributed by atoms with Gasteiger partial charge in [0.2, 0.25) is 0 Å². The van der Waals surface area contributed by atoms with Crippen LogP contribution in [0.1, 0.15) is 19.8 Å².